The Labute approximate surface area is 181 Å². The molecule has 0 spiro atoms. The van der Waals surface area contributed by atoms with E-state index in [1.165, 1.54) is 11.7 Å². The molecule has 150 valence electrons. The number of carbonyl (C=O) groups excluding carboxylic acids is 1. The summed E-state index contributed by atoms with van der Waals surface area (Å²) in [6.45, 7) is 0.162. The molecule has 0 aliphatic heterocycles. The van der Waals surface area contributed by atoms with Crippen LogP contribution in [0.3, 0.4) is 0 Å². The molecule has 0 aliphatic rings. The molecule has 5 nitrogen and oxygen atoms in total. The van der Waals surface area contributed by atoms with Gasteiger partial charge in [0.2, 0.25) is 0 Å². The number of aromatic nitrogens is 1. The van der Waals surface area contributed by atoms with Crippen LogP contribution in [0.4, 0.5) is 0 Å². The van der Waals surface area contributed by atoms with Crippen LogP contribution in [-0.2, 0) is 11.3 Å². The highest BCUT2D eigenvalue weighted by Crippen LogP contribution is 2.33. The fourth-order valence-electron chi connectivity index (χ4n) is 3.56. The predicted octanol–water partition coefficient (Wildman–Crippen LogP) is 4.97. The number of hydrogen-bond donors (Lipinski definition) is 1. The summed E-state index contributed by atoms with van der Waals surface area (Å²) in [7, 11) is 1.30. The first-order chi connectivity index (χ1) is 14.5. The van der Waals surface area contributed by atoms with Gasteiger partial charge in [0.15, 0.2) is 0 Å². The summed E-state index contributed by atoms with van der Waals surface area (Å²) in [6.07, 6.45) is 0. The average Bonchev–Trinajstić information content (AvgIpc) is 2.76. The number of methoxy groups -OCH3 is 1. The first-order valence-corrected chi connectivity index (χ1v) is 10.1. The van der Waals surface area contributed by atoms with Crippen LogP contribution < -0.4 is 5.56 Å². The average molecular weight is 464 g/mol. The first kappa shape index (κ1) is 19.9. The van der Waals surface area contributed by atoms with Crippen molar-refractivity contribution in [3.8, 4) is 16.9 Å². The normalized spacial score (nSPS) is 10.9. The van der Waals surface area contributed by atoms with Crippen LogP contribution in [0.25, 0.3) is 21.9 Å². The van der Waals surface area contributed by atoms with Crippen molar-refractivity contribution in [3.05, 3.63) is 98.9 Å². The highest BCUT2D eigenvalue weighted by atomic mass is 79.9. The standard InChI is InChI=1S/C24H18BrNO4/c1-30-24(29)22-21(16-5-3-2-4-6-16)20-13-17(25)9-12-19(20)23(28)26(22)14-15-7-10-18(27)11-8-15/h2-13,27H,14H2,1H3. The minimum atomic E-state index is -0.591. The Morgan fingerprint density at radius 2 is 1.70 bits per heavy atom. The fraction of sp³-hybridized carbons (Fsp3) is 0.0833. The van der Waals surface area contributed by atoms with Gasteiger partial charge >= 0.3 is 5.97 Å². The number of pyridine rings is 1. The molecule has 0 bridgehead atoms. The molecule has 0 aliphatic carbocycles. The third-order valence-corrected chi connectivity index (χ3v) is 5.44. The van der Waals surface area contributed by atoms with Gasteiger partial charge in [-0.05, 0) is 46.8 Å². The van der Waals surface area contributed by atoms with E-state index in [-0.39, 0.29) is 23.5 Å². The van der Waals surface area contributed by atoms with Crippen LogP contribution >= 0.6 is 15.9 Å². The SMILES string of the molecule is COC(=O)c1c(-c2ccccc2)c2cc(Br)ccc2c(=O)n1Cc1ccc(O)cc1. The molecule has 0 unspecified atom stereocenters. The Morgan fingerprint density at radius 1 is 1.00 bits per heavy atom. The summed E-state index contributed by atoms with van der Waals surface area (Å²) in [5.41, 5.74) is 2.12. The molecule has 30 heavy (non-hydrogen) atoms. The highest BCUT2D eigenvalue weighted by molar-refractivity contribution is 9.10. The second kappa shape index (κ2) is 8.16. The van der Waals surface area contributed by atoms with Gasteiger partial charge in [-0.3, -0.25) is 9.36 Å². The largest absolute Gasteiger partial charge is 0.508 e. The lowest BCUT2D eigenvalue weighted by molar-refractivity contribution is 0.0588. The van der Waals surface area contributed by atoms with Crippen LogP contribution in [-0.4, -0.2) is 22.8 Å². The van der Waals surface area contributed by atoms with Crippen molar-refractivity contribution in [2.75, 3.05) is 7.11 Å². The van der Waals surface area contributed by atoms with Crippen molar-refractivity contribution < 1.29 is 14.6 Å². The number of hydrogen-bond acceptors (Lipinski definition) is 4. The van der Waals surface area contributed by atoms with Gasteiger partial charge in [-0.25, -0.2) is 4.79 Å². The zero-order valence-corrected chi connectivity index (χ0v) is 17.7. The molecule has 1 N–H and O–H groups in total. The molecule has 0 fully saturated rings. The third kappa shape index (κ3) is 3.62. The number of aromatic hydroxyl groups is 1. The number of esters is 1. The van der Waals surface area contributed by atoms with Gasteiger partial charge in [-0.15, -0.1) is 0 Å². The molecule has 0 atom stereocenters. The van der Waals surface area contributed by atoms with Crippen molar-refractivity contribution in [2.24, 2.45) is 0 Å². The summed E-state index contributed by atoms with van der Waals surface area (Å²) in [6, 6.07) is 21.4. The minimum Gasteiger partial charge on any atom is -0.508 e. The summed E-state index contributed by atoms with van der Waals surface area (Å²) < 4.78 is 7.33. The van der Waals surface area contributed by atoms with Crippen molar-refractivity contribution in [2.45, 2.75) is 6.54 Å². The Hall–Kier alpha value is -3.38. The third-order valence-electron chi connectivity index (χ3n) is 4.95. The Kier molecular flexibility index (Phi) is 5.42. The van der Waals surface area contributed by atoms with Crippen molar-refractivity contribution >= 4 is 32.7 Å². The zero-order chi connectivity index (χ0) is 21.3. The first-order valence-electron chi connectivity index (χ1n) is 9.27. The van der Waals surface area contributed by atoms with Crippen LogP contribution in [0.15, 0.2) is 82.1 Å². The van der Waals surface area contributed by atoms with E-state index < -0.39 is 5.97 Å². The second-order valence-corrected chi connectivity index (χ2v) is 7.74. The molecule has 4 aromatic rings. The Balaban J connectivity index is 2.11. The maximum absolute atomic E-state index is 13.4. The van der Waals surface area contributed by atoms with Crippen molar-refractivity contribution in [1.82, 2.24) is 4.57 Å². The number of rotatable bonds is 4. The number of benzene rings is 3. The Morgan fingerprint density at radius 3 is 2.37 bits per heavy atom. The summed E-state index contributed by atoms with van der Waals surface area (Å²) in [5, 5.41) is 10.7. The van der Waals surface area contributed by atoms with Crippen LogP contribution in [0.1, 0.15) is 16.1 Å². The smallest absolute Gasteiger partial charge is 0.355 e. The topological polar surface area (TPSA) is 68.5 Å². The van der Waals surface area contributed by atoms with Gasteiger partial charge < -0.3 is 9.84 Å². The molecule has 0 saturated heterocycles. The summed E-state index contributed by atoms with van der Waals surface area (Å²) in [4.78, 5) is 26.3. The van der Waals surface area contributed by atoms with Gasteiger partial charge in [0.1, 0.15) is 11.4 Å². The van der Waals surface area contributed by atoms with E-state index in [1.54, 1.807) is 36.4 Å². The van der Waals surface area contributed by atoms with Gasteiger partial charge in [0, 0.05) is 15.4 Å². The molecular weight excluding hydrogens is 446 g/mol. The molecular formula is C24H18BrNO4. The molecule has 0 saturated carbocycles. The summed E-state index contributed by atoms with van der Waals surface area (Å²) in [5.74, 6) is -0.459. The van der Waals surface area contributed by atoms with Crippen LogP contribution in [0.2, 0.25) is 0 Å². The fourth-order valence-corrected chi connectivity index (χ4v) is 3.92. The van der Waals surface area contributed by atoms with E-state index in [2.05, 4.69) is 15.9 Å². The second-order valence-electron chi connectivity index (χ2n) is 6.83. The van der Waals surface area contributed by atoms with Gasteiger partial charge in [0.05, 0.1) is 13.7 Å². The van der Waals surface area contributed by atoms with E-state index in [0.29, 0.717) is 16.3 Å². The highest BCUT2D eigenvalue weighted by Gasteiger charge is 2.24. The quantitative estimate of drug-likeness (QED) is 0.433. The zero-order valence-electron chi connectivity index (χ0n) is 16.1. The predicted molar refractivity (Wildman–Crippen MR) is 120 cm³/mol. The maximum atomic E-state index is 13.4. The number of halogens is 1. The molecule has 1 heterocycles. The van der Waals surface area contributed by atoms with Gasteiger partial charge in [-0.1, -0.05) is 58.4 Å². The minimum absolute atomic E-state index is 0.132. The molecule has 0 radical (unpaired) electrons. The van der Waals surface area contributed by atoms with Gasteiger partial charge in [0.25, 0.3) is 5.56 Å². The van der Waals surface area contributed by atoms with E-state index in [4.69, 9.17) is 4.74 Å². The van der Waals surface area contributed by atoms with Crippen molar-refractivity contribution in [3.63, 3.8) is 0 Å². The number of phenols is 1. The number of carbonyl (C=O) groups is 1. The number of nitrogens with zero attached hydrogens (tertiary/aromatic N) is 1. The molecule has 1 aromatic heterocycles. The number of phenolic OH excluding ortho intramolecular Hbond substituents is 1. The van der Waals surface area contributed by atoms with E-state index in [1.807, 2.05) is 36.4 Å². The molecule has 6 heteroatoms. The Bertz CT molecular complexity index is 1300. The van der Waals surface area contributed by atoms with Crippen LogP contribution in [0, 0.1) is 0 Å². The van der Waals surface area contributed by atoms with E-state index in [9.17, 15) is 14.7 Å². The maximum Gasteiger partial charge on any atom is 0.355 e. The lowest BCUT2D eigenvalue weighted by Gasteiger charge is -2.19. The number of fused-ring (bicyclic) bond motifs is 1. The summed E-state index contributed by atoms with van der Waals surface area (Å²) >= 11 is 3.47. The lowest BCUT2D eigenvalue weighted by atomic mass is 9.96. The lowest BCUT2D eigenvalue weighted by Crippen LogP contribution is -2.28. The van der Waals surface area contributed by atoms with E-state index in [0.717, 1.165) is 15.6 Å². The van der Waals surface area contributed by atoms with Gasteiger partial charge in [-0.2, -0.15) is 0 Å². The molecule has 4 rings (SSSR count). The number of ether oxygens (including phenoxy) is 1. The monoisotopic (exact) mass is 463 g/mol. The molecule has 3 aromatic carbocycles. The molecule has 0 amide bonds. The van der Waals surface area contributed by atoms with E-state index >= 15 is 0 Å². The van der Waals surface area contributed by atoms with Crippen molar-refractivity contribution in [1.29, 1.82) is 0 Å². The van der Waals surface area contributed by atoms with Crippen LogP contribution in [0.5, 0.6) is 5.75 Å².